The minimum absolute atomic E-state index is 0.0452. The minimum Gasteiger partial charge on any atom is -0.493 e. The Balaban J connectivity index is 2.43. The third-order valence-corrected chi connectivity index (χ3v) is 2.39. The number of benzene rings is 1. The Hall–Kier alpha value is -1.63. The van der Waals surface area contributed by atoms with Crippen LogP contribution < -0.4 is 19.9 Å². The molecular formula is C10H10F3NO3. The highest BCUT2D eigenvalue weighted by Crippen LogP contribution is 2.44. The van der Waals surface area contributed by atoms with Crippen molar-refractivity contribution >= 4 is 0 Å². The van der Waals surface area contributed by atoms with Gasteiger partial charge in [-0.1, -0.05) is 0 Å². The molecule has 1 aromatic carbocycles. The van der Waals surface area contributed by atoms with E-state index in [2.05, 4.69) is 0 Å². The molecule has 17 heavy (non-hydrogen) atoms. The smallest absolute Gasteiger partial charge is 0.407 e. The second-order valence-electron chi connectivity index (χ2n) is 3.48. The van der Waals surface area contributed by atoms with Gasteiger partial charge in [-0.05, 0) is 17.7 Å². The molecule has 0 spiro atoms. The molecule has 0 amide bonds. The Morgan fingerprint density at radius 1 is 1.35 bits per heavy atom. The van der Waals surface area contributed by atoms with Crippen LogP contribution in [0.1, 0.15) is 11.6 Å². The molecule has 0 radical (unpaired) electrons. The Morgan fingerprint density at radius 2 is 2.06 bits per heavy atom. The van der Waals surface area contributed by atoms with E-state index in [9.17, 15) is 13.2 Å². The number of nitrogens with two attached hydrogens (primary N) is 1. The van der Waals surface area contributed by atoms with Crippen molar-refractivity contribution in [3.63, 3.8) is 0 Å². The fourth-order valence-corrected chi connectivity index (χ4v) is 1.52. The molecule has 0 bridgehead atoms. The zero-order valence-electron chi connectivity index (χ0n) is 8.88. The molecule has 7 heteroatoms. The summed E-state index contributed by atoms with van der Waals surface area (Å²) in [5.74, 6) is 0.680. The topological polar surface area (TPSA) is 53.7 Å². The van der Waals surface area contributed by atoms with Crippen molar-refractivity contribution in [3.8, 4) is 17.2 Å². The predicted octanol–water partition coefficient (Wildman–Crippen LogP) is 1.99. The monoisotopic (exact) mass is 249 g/mol. The largest absolute Gasteiger partial charge is 0.493 e. The van der Waals surface area contributed by atoms with E-state index in [0.717, 1.165) is 0 Å². The van der Waals surface area contributed by atoms with Crippen LogP contribution in [0.4, 0.5) is 13.2 Å². The molecule has 0 aliphatic carbocycles. The van der Waals surface area contributed by atoms with Gasteiger partial charge in [0.15, 0.2) is 11.5 Å². The maximum absolute atomic E-state index is 12.5. The van der Waals surface area contributed by atoms with Gasteiger partial charge in [-0.15, -0.1) is 0 Å². The summed E-state index contributed by atoms with van der Waals surface area (Å²) in [5.41, 5.74) is 4.99. The molecule has 1 atom stereocenters. The average molecular weight is 249 g/mol. The molecule has 0 saturated heterocycles. The fraction of sp³-hybridized carbons (Fsp3) is 0.400. The van der Waals surface area contributed by atoms with E-state index in [-0.39, 0.29) is 23.9 Å². The SMILES string of the molecule is COc1cc([C@H](N)C(F)(F)F)cc2c1OCO2. The Kier molecular flexibility index (Phi) is 2.78. The van der Waals surface area contributed by atoms with Gasteiger partial charge in [-0.3, -0.25) is 0 Å². The number of methoxy groups -OCH3 is 1. The summed E-state index contributed by atoms with van der Waals surface area (Å²) in [4.78, 5) is 0. The van der Waals surface area contributed by atoms with Crippen molar-refractivity contribution in [2.24, 2.45) is 5.73 Å². The summed E-state index contributed by atoms with van der Waals surface area (Å²) >= 11 is 0. The molecular weight excluding hydrogens is 239 g/mol. The Labute approximate surface area is 95.1 Å². The van der Waals surface area contributed by atoms with Gasteiger partial charge in [-0.2, -0.15) is 13.2 Å². The maximum Gasteiger partial charge on any atom is 0.407 e. The molecule has 1 aromatic rings. The van der Waals surface area contributed by atoms with Gasteiger partial charge >= 0.3 is 6.18 Å². The zero-order valence-corrected chi connectivity index (χ0v) is 8.88. The maximum atomic E-state index is 12.5. The first-order valence-corrected chi connectivity index (χ1v) is 4.73. The lowest BCUT2D eigenvalue weighted by atomic mass is 10.1. The van der Waals surface area contributed by atoms with Gasteiger partial charge in [0.05, 0.1) is 7.11 Å². The van der Waals surface area contributed by atoms with Crippen LogP contribution in [0.2, 0.25) is 0 Å². The van der Waals surface area contributed by atoms with Crippen molar-refractivity contribution in [2.45, 2.75) is 12.2 Å². The van der Waals surface area contributed by atoms with E-state index in [1.165, 1.54) is 19.2 Å². The van der Waals surface area contributed by atoms with Gasteiger partial charge in [0.25, 0.3) is 0 Å². The highest BCUT2D eigenvalue weighted by Gasteiger charge is 2.39. The number of hydrogen-bond donors (Lipinski definition) is 1. The Morgan fingerprint density at radius 3 is 2.65 bits per heavy atom. The molecule has 4 nitrogen and oxygen atoms in total. The second kappa shape index (κ2) is 3.99. The lowest BCUT2D eigenvalue weighted by molar-refractivity contribution is -0.149. The number of alkyl halides is 3. The van der Waals surface area contributed by atoms with E-state index in [1.54, 1.807) is 0 Å². The summed E-state index contributed by atoms with van der Waals surface area (Å²) in [6.07, 6.45) is -4.52. The van der Waals surface area contributed by atoms with Crippen molar-refractivity contribution in [1.82, 2.24) is 0 Å². The van der Waals surface area contributed by atoms with Gasteiger partial charge in [0.1, 0.15) is 6.04 Å². The predicted molar refractivity (Wildman–Crippen MR) is 52.1 cm³/mol. The molecule has 2 rings (SSSR count). The van der Waals surface area contributed by atoms with Crippen LogP contribution >= 0.6 is 0 Å². The van der Waals surface area contributed by atoms with Crippen LogP contribution in [0.5, 0.6) is 17.2 Å². The van der Waals surface area contributed by atoms with Crippen LogP contribution in [0, 0.1) is 0 Å². The molecule has 0 fully saturated rings. The van der Waals surface area contributed by atoms with Crippen LogP contribution in [-0.2, 0) is 0 Å². The number of hydrogen-bond acceptors (Lipinski definition) is 4. The quantitative estimate of drug-likeness (QED) is 0.870. The van der Waals surface area contributed by atoms with E-state index < -0.39 is 12.2 Å². The number of fused-ring (bicyclic) bond motifs is 1. The molecule has 0 unspecified atom stereocenters. The zero-order chi connectivity index (χ0) is 12.6. The molecule has 1 aliphatic heterocycles. The van der Waals surface area contributed by atoms with Crippen LogP contribution in [-0.4, -0.2) is 20.1 Å². The highest BCUT2D eigenvalue weighted by atomic mass is 19.4. The third-order valence-electron chi connectivity index (χ3n) is 2.39. The third kappa shape index (κ3) is 2.10. The summed E-state index contributed by atoms with van der Waals surface area (Å²) in [7, 11) is 1.33. The van der Waals surface area contributed by atoms with E-state index in [0.29, 0.717) is 5.75 Å². The molecule has 0 saturated carbocycles. The summed E-state index contributed by atoms with van der Waals surface area (Å²) < 4.78 is 52.5. The summed E-state index contributed by atoms with van der Waals surface area (Å²) in [6.45, 7) is -0.0452. The first-order valence-electron chi connectivity index (χ1n) is 4.73. The van der Waals surface area contributed by atoms with Crippen LogP contribution in [0.25, 0.3) is 0 Å². The van der Waals surface area contributed by atoms with E-state index >= 15 is 0 Å². The lowest BCUT2D eigenvalue weighted by Crippen LogP contribution is -2.28. The van der Waals surface area contributed by atoms with Gasteiger partial charge in [0.2, 0.25) is 12.5 Å². The van der Waals surface area contributed by atoms with Gasteiger partial charge in [-0.25, -0.2) is 0 Å². The van der Waals surface area contributed by atoms with Crippen LogP contribution in [0.15, 0.2) is 12.1 Å². The van der Waals surface area contributed by atoms with E-state index in [4.69, 9.17) is 19.9 Å². The highest BCUT2D eigenvalue weighted by molar-refractivity contribution is 5.55. The summed E-state index contributed by atoms with van der Waals surface area (Å²) in [5, 5.41) is 0. The van der Waals surface area contributed by atoms with Crippen molar-refractivity contribution in [3.05, 3.63) is 17.7 Å². The minimum atomic E-state index is -4.52. The fourth-order valence-electron chi connectivity index (χ4n) is 1.52. The van der Waals surface area contributed by atoms with Gasteiger partial charge < -0.3 is 19.9 Å². The van der Waals surface area contributed by atoms with Crippen molar-refractivity contribution in [1.29, 1.82) is 0 Å². The van der Waals surface area contributed by atoms with Crippen molar-refractivity contribution in [2.75, 3.05) is 13.9 Å². The Bertz CT molecular complexity index is 434. The van der Waals surface area contributed by atoms with E-state index in [1.807, 2.05) is 0 Å². The number of ether oxygens (including phenoxy) is 3. The van der Waals surface area contributed by atoms with Gasteiger partial charge in [0, 0.05) is 0 Å². The summed E-state index contributed by atoms with van der Waals surface area (Å²) in [6, 6.07) is 0.334. The lowest BCUT2D eigenvalue weighted by Gasteiger charge is -2.17. The molecule has 0 aromatic heterocycles. The molecule has 1 aliphatic rings. The first kappa shape index (κ1) is 11.8. The molecule has 1 heterocycles. The standard InChI is InChI=1S/C10H10F3NO3/c1-15-6-2-5(9(14)10(11,12)13)3-7-8(6)17-4-16-7/h2-3,9H,4,14H2,1H3/t9-/m0/s1. The average Bonchev–Trinajstić information content (AvgIpc) is 2.73. The van der Waals surface area contributed by atoms with Crippen LogP contribution in [0.3, 0.4) is 0 Å². The van der Waals surface area contributed by atoms with Crippen molar-refractivity contribution < 1.29 is 27.4 Å². The first-order chi connectivity index (χ1) is 7.93. The number of rotatable bonds is 2. The second-order valence-corrected chi connectivity index (χ2v) is 3.48. The number of halogens is 3. The normalized spacial score (nSPS) is 15.8. The molecule has 94 valence electrons. The molecule has 2 N–H and O–H groups in total.